The number of nitrogens with zero attached hydrogens (tertiary/aromatic N) is 3. The van der Waals surface area contributed by atoms with E-state index < -0.39 is 0 Å². The summed E-state index contributed by atoms with van der Waals surface area (Å²) < 4.78 is 7.94. The van der Waals surface area contributed by atoms with Crippen LogP contribution in [0.15, 0.2) is 54.9 Å². The van der Waals surface area contributed by atoms with E-state index in [4.69, 9.17) is 28.6 Å². The van der Waals surface area contributed by atoms with Crippen LogP contribution in [0.5, 0.6) is 5.75 Å². The minimum absolute atomic E-state index is 0.0548. The Labute approximate surface area is 185 Å². The number of benzene rings is 2. The molecular formula is C22H23ClN4O2S. The Morgan fingerprint density at radius 1 is 1.13 bits per heavy atom. The van der Waals surface area contributed by atoms with Gasteiger partial charge in [-0.25, -0.2) is 0 Å². The third-order valence-electron chi connectivity index (χ3n) is 5.34. The van der Waals surface area contributed by atoms with Crippen LogP contribution in [0.3, 0.4) is 0 Å². The van der Waals surface area contributed by atoms with Gasteiger partial charge in [0.15, 0.2) is 4.77 Å². The highest BCUT2D eigenvalue weighted by Crippen LogP contribution is 2.24. The number of ether oxygens (including phenoxy) is 1. The molecule has 30 heavy (non-hydrogen) atoms. The normalized spacial score (nSPS) is 14.7. The number of halogens is 1. The number of imidazole rings is 1. The number of H-pyrrole nitrogens is 1. The predicted molar refractivity (Wildman–Crippen MR) is 120 cm³/mol. The molecule has 0 saturated carbocycles. The molecule has 156 valence electrons. The third-order valence-corrected chi connectivity index (χ3v) is 5.89. The SMILES string of the molecule is COc1ccc(Cl)cc1CN1CCN(C(=O)c2ccc(-n3cc[nH]c3=S)cc2)CC1. The number of carbonyl (C=O) groups excluding carboxylic acids is 1. The van der Waals surface area contributed by atoms with Crippen molar-refractivity contribution >= 4 is 29.7 Å². The van der Waals surface area contributed by atoms with Gasteiger partial charge in [-0.1, -0.05) is 11.6 Å². The first-order valence-electron chi connectivity index (χ1n) is 9.75. The van der Waals surface area contributed by atoms with Crippen molar-refractivity contribution in [3.05, 3.63) is 75.8 Å². The van der Waals surface area contributed by atoms with E-state index in [-0.39, 0.29) is 5.91 Å². The zero-order valence-corrected chi connectivity index (χ0v) is 18.2. The number of aromatic nitrogens is 2. The van der Waals surface area contributed by atoms with Gasteiger partial charge >= 0.3 is 0 Å². The van der Waals surface area contributed by atoms with Crippen LogP contribution in [-0.4, -0.2) is 58.5 Å². The summed E-state index contributed by atoms with van der Waals surface area (Å²) in [5.74, 6) is 0.889. The summed E-state index contributed by atoms with van der Waals surface area (Å²) in [7, 11) is 1.67. The van der Waals surface area contributed by atoms with Crippen molar-refractivity contribution in [3.8, 4) is 11.4 Å². The van der Waals surface area contributed by atoms with Crippen molar-refractivity contribution in [2.75, 3.05) is 33.3 Å². The van der Waals surface area contributed by atoms with Gasteiger partial charge in [-0.15, -0.1) is 0 Å². The van der Waals surface area contributed by atoms with Crippen LogP contribution in [0, 0.1) is 4.77 Å². The Hall–Kier alpha value is -2.61. The number of carbonyl (C=O) groups is 1. The summed E-state index contributed by atoms with van der Waals surface area (Å²) in [6.07, 6.45) is 3.66. The number of rotatable bonds is 5. The van der Waals surface area contributed by atoms with Gasteiger partial charge in [0, 0.05) is 67.0 Å². The fourth-order valence-electron chi connectivity index (χ4n) is 3.69. The summed E-state index contributed by atoms with van der Waals surface area (Å²) >= 11 is 11.4. The molecule has 1 aliphatic heterocycles. The molecule has 0 unspecified atom stereocenters. The summed E-state index contributed by atoms with van der Waals surface area (Å²) in [6.45, 7) is 3.73. The highest BCUT2D eigenvalue weighted by Gasteiger charge is 2.23. The summed E-state index contributed by atoms with van der Waals surface area (Å²) in [6, 6.07) is 13.2. The second-order valence-corrected chi connectivity index (χ2v) is 8.03. The second kappa shape index (κ2) is 9.04. The molecule has 3 aromatic rings. The molecule has 0 bridgehead atoms. The molecule has 6 nitrogen and oxygen atoms in total. The van der Waals surface area contributed by atoms with E-state index in [1.54, 1.807) is 13.3 Å². The fourth-order valence-corrected chi connectivity index (χ4v) is 4.12. The molecule has 0 radical (unpaired) electrons. The number of hydrogen-bond donors (Lipinski definition) is 1. The van der Waals surface area contributed by atoms with Crippen LogP contribution in [0.2, 0.25) is 5.02 Å². The van der Waals surface area contributed by atoms with Crippen LogP contribution in [0.1, 0.15) is 15.9 Å². The molecule has 1 fully saturated rings. The molecule has 4 rings (SSSR count). The zero-order chi connectivity index (χ0) is 21.1. The predicted octanol–water partition coefficient (Wildman–Crippen LogP) is 4.15. The molecule has 1 aliphatic rings. The fraction of sp³-hybridized carbons (Fsp3) is 0.273. The van der Waals surface area contributed by atoms with Crippen LogP contribution in [0.25, 0.3) is 5.69 Å². The molecule has 0 aliphatic carbocycles. The quantitative estimate of drug-likeness (QED) is 0.603. The second-order valence-electron chi connectivity index (χ2n) is 7.21. The maximum absolute atomic E-state index is 12.9. The minimum Gasteiger partial charge on any atom is -0.496 e. The largest absolute Gasteiger partial charge is 0.496 e. The lowest BCUT2D eigenvalue weighted by molar-refractivity contribution is 0.0627. The molecule has 2 aromatic carbocycles. The number of hydrogen-bond acceptors (Lipinski definition) is 4. The molecule has 1 amide bonds. The molecule has 0 spiro atoms. The van der Waals surface area contributed by atoms with Crippen molar-refractivity contribution < 1.29 is 9.53 Å². The van der Waals surface area contributed by atoms with Crippen molar-refractivity contribution in [2.45, 2.75) is 6.54 Å². The highest BCUT2D eigenvalue weighted by molar-refractivity contribution is 7.71. The summed E-state index contributed by atoms with van der Waals surface area (Å²) in [5, 5.41) is 0.698. The summed E-state index contributed by atoms with van der Waals surface area (Å²) in [4.78, 5) is 20.1. The standard InChI is InChI=1S/C22H23ClN4O2S/c1-29-20-7-4-18(23)14-17(20)15-25-10-12-26(13-11-25)21(28)16-2-5-19(6-3-16)27-9-8-24-22(27)30/h2-9,14H,10-13,15H2,1H3,(H,24,30). The lowest BCUT2D eigenvalue weighted by Crippen LogP contribution is -2.48. The molecule has 1 saturated heterocycles. The molecule has 8 heteroatoms. The van der Waals surface area contributed by atoms with Gasteiger partial charge in [-0.3, -0.25) is 14.3 Å². The third kappa shape index (κ3) is 4.43. The molecule has 1 aromatic heterocycles. The maximum Gasteiger partial charge on any atom is 0.253 e. The summed E-state index contributed by atoms with van der Waals surface area (Å²) in [5.41, 5.74) is 2.67. The van der Waals surface area contributed by atoms with Gasteiger partial charge in [0.1, 0.15) is 5.75 Å². The van der Waals surface area contributed by atoms with E-state index in [0.717, 1.165) is 36.6 Å². The van der Waals surface area contributed by atoms with E-state index in [2.05, 4.69) is 9.88 Å². The first-order valence-corrected chi connectivity index (χ1v) is 10.5. The number of methoxy groups -OCH3 is 1. The van der Waals surface area contributed by atoms with Crippen molar-refractivity contribution in [1.29, 1.82) is 0 Å². The van der Waals surface area contributed by atoms with Crippen molar-refractivity contribution in [2.24, 2.45) is 0 Å². The maximum atomic E-state index is 12.9. The van der Waals surface area contributed by atoms with E-state index >= 15 is 0 Å². The Balaban J connectivity index is 1.37. The number of nitrogens with one attached hydrogen (secondary N) is 1. The van der Waals surface area contributed by atoms with E-state index in [9.17, 15) is 4.79 Å². The highest BCUT2D eigenvalue weighted by atomic mass is 35.5. The van der Waals surface area contributed by atoms with Gasteiger partial charge in [0.25, 0.3) is 5.91 Å². The Morgan fingerprint density at radius 2 is 1.87 bits per heavy atom. The first-order chi connectivity index (χ1) is 14.5. The average Bonchev–Trinajstić information content (AvgIpc) is 3.20. The Bertz CT molecular complexity index is 1090. The van der Waals surface area contributed by atoms with Crippen LogP contribution in [0.4, 0.5) is 0 Å². The zero-order valence-electron chi connectivity index (χ0n) is 16.7. The Kier molecular flexibility index (Phi) is 6.22. The Morgan fingerprint density at radius 3 is 2.50 bits per heavy atom. The lowest BCUT2D eigenvalue weighted by Gasteiger charge is -2.35. The molecule has 1 N–H and O–H groups in total. The number of amides is 1. The van der Waals surface area contributed by atoms with E-state index in [1.165, 1.54) is 0 Å². The van der Waals surface area contributed by atoms with Gasteiger partial charge in [0.05, 0.1) is 7.11 Å². The number of piperazine rings is 1. The monoisotopic (exact) mass is 442 g/mol. The van der Waals surface area contributed by atoms with Gasteiger partial charge in [0.2, 0.25) is 0 Å². The van der Waals surface area contributed by atoms with Gasteiger partial charge in [-0.05, 0) is 54.7 Å². The topological polar surface area (TPSA) is 53.5 Å². The first kappa shape index (κ1) is 20.7. The molecule has 2 heterocycles. The van der Waals surface area contributed by atoms with Gasteiger partial charge in [-0.2, -0.15) is 0 Å². The lowest BCUT2D eigenvalue weighted by atomic mass is 10.1. The average molecular weight is 443 g/mol. The van der Waals surface area contributed by atoms with Crippen LogP contribution >= 0.6 is 23.8 Å². The smallest absolute Gasteiger partial charge is 0.253 e. The molecular weight excluding hydrogens is 420 g/mol. The number of aromatic amines is 1. The minimum atomic E-state index is 0.0548. The van der Waals surface area contributed by atoms with Crippen molar-refractivity contribution in [1.82, 2.24) is 19.4 Å². The van der Waals surface area contributed by atoms with Crippen LogP contribution < -0.4 is 4.74 Å². The van der Waals surface area contributed by atoms with E-state index in [0.29, 0.717) is 28.4 Å². The van der Waals surface area contributed by atoms with Gasteiger partial charge < -0.3 is 14.6 Å². The molecule has 0 atom stereocenters. The van der Waals surface area contributed by atoms with Crippen LogP contribution in [-0.2, 0) is 6.54 Å². The van der Waals surface area contributed by atoms with Crippen molar-refractivity contribution in [3.63, 3.8) is 0 Å². The van der Waals surface area contributed by atoms with E-state index in [1.807, 2.05) is 58.1 Å².